The third-order valence-electron chi connectivity index (χ3n) is 4.92. The van der Waals surface area contributed by atoms with Crippen LogP contribution in [0.2, 0.25) is 0 Å². The number of ether oxygens (including phenoxy) is 2. The van der Waals surface area contributed by atoms with Crippen LogP contribution in [0.25, 0.3) is 22.6 Å². The standard InChI is InChI=1S/C24H22N4O4S/c1-3-19(32-23(30)16-10-8-15(9-11-16)21-25-12-13-26-21)22(29)28-24-27-18(14-33-24)17-6-4-5-7-20(17)31-2/h4-14,19H,3H2,1-2H3,(H,25,26)(H,27,28,29). The van der Waals surface area contributed by atoms with Gasteiger partial charge in [-0.05, 0) is 30.7 Å². The molecule has 0 bridgehead atoms. The van der Waals surface area contributed by atoms with Gasteiger partial charge in [0, 0.05) is 28.9 Å². The highest BCUT2D eigenvalue weighted by molar-refractivity contribution is 7.14. The van der Waals surface area contributed by atoms with Crippen LogP contribution < -0.4 is 10.1 Å². The predicted molar refractivity (Wildman–Crippen MR) is 126 cm³/mol. The lowest BCUT2D eigenvalue weighted by Crippen LogP contribution is -2.32. The van der Waals surface area contributed by atoms with Crippen molar-refractivity contribution < 1.29 is 19.1 Å². The van der Waals surface area contributed by atoms with Gasteiger partial charge in [0.25, 0.3) is 5.91 Å². The maximum absolute atomic E-state index is 12.7. The SMILES string of the molecule is CCC(OC(=O)c1ccc(-c2ncc[nH]2)cc1)C(=O)Nc1nc(-c2ccccc2OC)cs1. The van der Waals surface area contributed by atoms with Crippen molar-refractivity contribution in [1.29, 1.82) is 0 Å². The number of hydrogen-bond acceptors (Lipinski definition) is 7. The van der Waals surface area contributed by atoms with Crippen molar-refractivity contribution >= 4 is 28.3 Å². The molecule has 0 fully saturated rings. The highest BCUT2D eigenvalue weighted by atomic mass is 32.1. The maximum Gasteiger partial charge on any atom is 0.338 e. The molecule has 2 N–H and O–H groups in total. The van der Waals surface area contributed by atoms with Crippen LogP contribution in [0.5, 0.6) is 5.75 Å². The first kappa shape index (κ1) is 22.2. The summed E-state index contributed by atoms with van der Waals surface area (Å²) in [5.41, 5.74) is 2.71. The van der Waals surface area contributed by atoms with E-state index in [9.17, 15) is 9.59 Å². The van der Waals surface area contributed by atoms with Crippen molar-refractivity contribution in [2.75, 3.05) is 12.4 Å². The average Bonchev–Trinajstić information content (AvgIpc) is 3.55. The average molecular weight is 463 g/mol. The first-order chi connectivity index (χ1) is 16.1. The molecule has 0 aliphatic rings. The Bertz CT molecular complexity index is 1240. The fourth-order valence-electron chi connectivity index (χ4n) is 3.20. The minimum absolute atomic E-state index is 0.326. The van der Waals surface area contributed by atoms with E-state index in [1.165, 1.54) is 11.3 Å². The number of thiazole rings is 1. The van der Waals surface area contributed by atoms with Gasteiger partial charge >= 0.3 is 5.97 Å². The zero-order valence-corrected chi connectivity index (χ0v) is 18.9. The van der Waals surface area contributed by atoms with Crippen LogP contribution in [0, 0.1) is 0 Å². The summed E-state index contributed by atoms with van der Waals surface area (Å²) in [6, 6.07) is 14.3. The van der Waals surface area contributed by atoms with Gasteiger partial charge in [-0.3, -0.25) is 10.1 Å². The Kier molecular flexibility index (Phi) is 6.80. The number of nitrogens with one attached hydrogen (secondary N) is 2. The Morgan fingerprint density at radius 3 is 2.64 bits per heavy atom. The van der Waals surface area contributed by atoms with E-state index in [0.717, 1.165) is 11.1 Å². The molecular formula is C24H22N4O4S. The fourth-order valence-corrected chi connectivity index (χ4v) is 3.92. The van der Waals surface area contributed by atoms with Crippen LogP contribution in [0.15, 0.2) is 66.3 Å². The summed E-state index contributed by atoms with van der Waals surface area (Å²) in [7, 11) is 1.60. The van der Waals surface area contributed by atoms with Crippen LogP contribution in [-0.4, -0.2) is 40.0 Å². The van der Waals surface area contributed by atoms with E-state index in [-0.39, 0.29) is 0 Å². The molecule has 8 nitrogen and oxygen atoms in total. The number of hydrogen-bond donors (Lipinski definition) is 2. The summed E-state index contributed by atoms with van der Waals surface area (Å²) in [4.78, 5) is 37.0. The summed E-state index contributed by atoms with van der Waals surface area (Å²) in [6.07, 6.45) is 2.76. The smallest absolute Gasteiger partial charge is 0.338 e. The van der Waals surface area contributed by atoms with E-state index in [4.69, 9.17) is 9.47 Å². The number of carbonyl (C=O) groups is 2. The molecule has 4 rings (SSSR count). The molecule has 2 heterocycles. The van der Waals surface area contributed by atoms with Crippen molar-refractivity contribution in [3.05, 3.63) is 71.9 Å². The number of benzene rings is 2. The third-order valence-corrected chi connectivity index (χ3v) is 5.68. The van der Waals surface area contributed by atoms with Gasteiger partial charge in [-0.15, -0.1) is 11.3 Å². The lowest BCUT2D eigenvalue weighted by atomic mass is 10.1. The number of esters is 1. The molecule has 1 unspecified atom stereocenters. The lowest BCUT2D eigenvalue weighted by molar-refractivity contribution is -0.124. The van der Waals surface area contributed by atoms with E-state index < -0.39 is 18.0 Å². The number of H-pyrrole nitrogens is 1. The van der Waals surface area contributed by atoms with E-state index in [1.54, 1.807) is 50.7 Å². The van der Waals surface area contributed by atoms with Crippen molar-refractivity contribution in [2.24, 2.45) is 0 Å². The van der Waals surface area contributed by atoms with Crippen molar-refractivity contribution in [3.8, 4) is 28.4 Å². The molecule has 0 radical (unpaired) electrons. The van der Waals surface area contributed by atoms with Gasteiger partial charge in [0.1, 0.15) is 11.6 Å². The van der Waals surface area contributed by atoms with Crippen molar-refractivity contribution in [2.45, 2.75) is 19.4 Å². The van der Waals surface area contributed by atoms with Gasteiger partial charge < -0.3 is 14.5 Å². The zero-order chi connectivity index (χ0) is 23.2. The van der Waals surface area contributed by atoms with Gasteiger partial charge in [0.2, 0.25) is 0 Å². The van der Waals surface area contributed by atoms with Gasteiger partial charge in [-0.2, -0.15) is 0 Å². The Labute approximate surface area is 194 Å². The quantitative estimate of drug-likeness (QED) is 0.365. The molecule has 2 aromatic heterocycles. The number of rotatable bonds is 8. The summed E-state index contributed by atoms with van der Waals surface area (Å²) >= 11 is 1.29. The van der Waals surface area contributed by atoms with Crippen LogP contribution >= 0.6 is 11.3 Å². The minimum Gasteiger partial charge on any atom is -0.496 e. The molecule has 33 heavy (non-hydrogen) atoms. The predicted octanol–water partition coefficient (Wildman–Crippen LogP) is 4.78. The van der Waals surface area contributed by atoms with Gasteiger partial charge in [0.15, 0.2) is 11.2 Å². The van der Waals surface area contributed by atoms with E-state index in [2.05, 4.69) is 20.3 Å². The van der Waals surface area contributed by atoms with Gasteiger partial charge in [-0.25, -0.2) is 14.8 Å². The molecule has 4 aromatic rings. The number of methoxy groups -OCH3 is 1. The number of imidazole rings is 1. The molecule has 9 heteroatoms. The van der Waals surface area contributed by atoms with Crippen LogP contribution in [0.3, 0.4) is 0 Å². The highest BCUT2D eigenvalue weighted by Gasteiger charge is 2.23. The second-order valence-electron chi connectivity index (χ2n) is 7.04. The van der Waals surface area contributed by atoms with Crippen molar-refractivity contribution in [3.63, 3.8) is 0 Å². The maximum atomic E-state index is 12.7. The van der Waals surface area contributed by atoms with Gasteiger partial charge in [-0.1, -0.05) is 31.2 Å². The Balaban J connectivity index is 1.40. The van der Waals surface area contributed by atoms with E-state index in [1.807, 2.05) is 29.6 Å². The number of anilines is 1. The number of aromatic nitrogens is 3. The summed E-state index contributed by atoms with van der Waals surface area (Å²) in [5, 5.41) is 4.99. The summed E-state index contributed by atoms with van der Waals surface area (Å²) < 4.78 is 10.8. The monoisotopic (exact) mass is 462 g/mol. The number of nitrogens with zero attached hydrogens (tertiary/aromatic N) is 2. The zero-order valence-electron chi connectivity index (χ0n) is 18.1. The van der Waals surface area contributed by atoms with Crippen LogP contribution in [0.1, 0.15) is 23.7 Å². The fraction of sp³-hybridized carbons (Fsp3) is 0.167. The van der Waals surface area contributed by atoms with E-state index >= 15 is 0 Å². The minimum atomic E-state index is -0.944. The van der Waals surface area contributed by atoms with Gasteiger partial charge in [0.05, 0.1) is 18.4 Å². The first-order valence-corrected chi connectivity index (χ1v) is 11.2. The summed E-state index contributed by atoms with van der Waals surface area (Å²) in [5.74, 6) is 0.395. The molecule has 0 saturated carbocycles. The molecular weight excluding hydrogens is 440 g/mol. The molecule has 0 spiro atoms. The molecule has 0 aliphatic carbocycles. The molecule has 0 aliphatic heterocycles. The number of aromatic amines is 1. The number of amides is 1. The third kappa shape index (κ3) is 5.09. The van der Waals surface area contributed by atoms with E-state index in [0.29, 0.717) is 34.4 Å². The first-order valence-electron chi connectivity index (χ1n) is 10.3. The Morgan fingerprint density at radius 2 is 1.94 bits per heavy atom. The topological polar surface area (TPSA) is 106 Å². The largest absolute Gasteiger partial charge is 0.496 e. The van der Waals surface area contributed by atoms with Crippen LogP contribution in [0.4, 0.5) is 5.13 Å². The molecule has 1 atom stereocenters. The normalized spacial score (nSPS) is 11.6. The Morgan fingerprint density at radius 1 is 1.15 bits per heavy atom. The van der Waals surface area contributed by atoms with Crippen LogP contribution in [-0.2, 0) is 9.53 Å². The molecule has 0 saturated heterocycles. The molecule has 1 amide bonds. The summed E-state index contributed by atoms with van der Waals surface area (Å²) in [6.45, 7) is 1.78. The number of para-hydroxylation sites is 1. The Hall–Kier alpha value is -3.98. The lowest BCUT2D eigenvalue weighted by Gasteiger charge is -2.15. The highest BCUT2D eigenvalue weighted by Crippen LogP contribution is 2.32. The molecule has 168 valence electrons. The van der Waals surface area contributed by atoms with Crippen molar-refractivity contribution in [1.82, 2.24) is 15.0 Å². The molecule has 2 aromatic carbocycles. The number of carbonyl (C=O) groups excluding carboxylic acids is 2. The second-order valence-corrected chi connectivity index (χ2v) is 7.90. The second kappa shape index (κ2) is 10.1.